The topological polar surface area (TPSA) is 206 Å². The van der Waals surface area contributed by atoms with Gasteiger partial charge in [-0.25, -0.2) is 16.8 Å². The third-order valence-corrected chi connectivity index (χ3v) is 12.5. The average molecular weight is 802 g/mol. The van der Waals surface area contributed by atoms with Gasteiger partial charge in [0.05, 0.1) is 28.3 Å². The highest BCUT2D eigenvalue weighted by Crippen LogP contribution is 2.38. The Balaban J connectivity index is 0.00000650. The van der Waals surface area contributed by atoms with Crippen molar-refractivity contribution in [3.05, 3.63) is 84.9 Å². The number of rotatable bonds is 16. The van der Waals surface area contributed by atoms with Crippen LogP contribution in [0.4, 0.5) is 17.1 Å². The SMILES string of the molecule is CCN1CCN(CCC(=O)Nc2ccc(S(=O)(=O)N(CC(N)=O)c3ccc(N(CC(N)=O)S(=O)(=O)c4ccc(OC)cc4)c4ccccc34)cc2)CC1.Cl. The van der Waals surface area contributed by atoms with Gasteiger partial charge in [0.25, 0.3) is 20.0 Å². The number of hydrogen-bond acceptors (Lipinski definition) is 10. The van der Waals surface area contributed by atoms with Crippen molar-refractivity contribution in [2.45, 2.75) is 23.1 Å². The van der Waals surface area contributed by atoms with Crippen molar-refractivity contribution in [3.63, 3.8) is 0 Å². The summed E-state index contributed by atoms with van der Waals surface area (Å²) in [4.78, 5) is 41.5. The number of likely N-dealkylation sites (N-methyl/N-ethyl adjacent to an activating group) is 1. The molecule has 5 N–H and O–H groups in total. The highest BCUT2D eigenvalue weighted by atomic mass is 35.5. The van der Waals surface area contributed by atoms with Crippen LogP contribution >= 0.6 is 12.4 Å². The minimum absolute atomic E-state index is 0. The lowest BCUT2D eigenvalue weighted by molar-refractivity contribution is -0.117. The van der Waals surface area contributed by atoms with Crippen LogP contribution in [0.3, 0.4) is 0 Å². The Kier molecular flexibility index (Phi) is 13.9. The van der Waals surface area contributed by atoms with Gasteiger partial charge in [0.15, 0.2) is 0 Å². The van der Waals surface area contributed by atoms with E-state index in [9.17, 15) is 31.2 Å². The van der Waals surface area contributed by atoms with Crippen LogP contribution in [0.1, 0.15) is 13.3 Å². The van der Waals surface area contributed by atoms with E-state index in [-0.39, 0.29) is 56.7 Å². The number of nitrogens with one attached hydrogen (secondary N) is 1. The zero-order valence-electron chi connectivity index (χ0n) is 29.9. The molecule has 15 nitrogen and oxygen atoms in total. The molecule has 290 valence electrons. The molecule has 0 saturated carbocycles. The number of primary amides is 2. The van der Waals surface area contributed by atoms with E-state index in [4.69, 9.17) is 16.2 Å². The highest BCUT2D eigenvalue weighted by Gasteiger charge is 2.32. The van der Waals surface area contributed by atoms with E-state index in [0.29, 0.717) is 18.0 Å². The summed E-state index contributed by atoms with van der Waals surface area (Å²) in [5, 5.41) is 3.30. The third kappa shape index (κ3) is 9.58. The quantitative estimate of drug-likeness (QED) is 0.151. The first-order chi connectivity index (χ1) is 25.2. The van der Waals surface area contributed by atoms with Crippen molar-refractivity contribution in [3.8, 4) is 5.75 Å². The molecule has 0 aliphatic carbocycles. The zero-order chi connectivity index (χ0) is 38.3. The molecule has 1 aliphatic heterocycles. The summed E-state index contributed by atoms with van der Waals surface area (Å²) in [5.74, 6) is -1.67. The van der Waals surface area contributed by atoms with Crippen LogP contribution < -0.4 is 30.1 Å². The number of anilines is 3. The molecule has 4 aromatic rings. The summed E-state index contributed by atoms with van der Waals surface area (Å²) >= 11 is 0. The lowest BCUT2D eigenvalue weighted by atomic mass is 10.1. The molecule has 5 rings (SSSR count). The van der Waals surface area contributed by atoms with Crippen LogP contribution in [0.5, 0.6) is 5.75 Å². The van der Waals surface area contributed by atoms with Gasteiger partial charge in [0.1, 0.15) is 18.8 Å². The molecule has 3 amide bonds. The summed E-state index contributed by atoms with van der Waals surface area (Å²) in [6.07, 6.45) is 0.278. The Hall–Kier alpha value is -4.94. The fourth-order valence-corrected chi connectivity index (χ4v) is 9.01. The van der Waals surface area contributed by atoms with Crippen molar-refractivity contribution in [2.75, 3.05) is 73.4 Å². The number of amides is 3. The second-order valence-electron chi connectivity index (χ2n) is 12.4. The van der Waals surface area contributed by atoms with Crippen molar-refractivity contribution in [1.29, 1.82) is 0 Å². The number of fused-ring (bicyclic) bond motifs is 1. The van der Waals surface area contributed by atoms with Crippen molar-refractivity contribution >= 4 is 78.0 Å². The Morgan fingerprint density at radius 3 is 1.57 bits per heavy atom. The predicted molar refractivity (Wildman–Crippen MR) is 210 cm³/mol. The standard InChI is InChI=1S/C36H43N7O8S2.ClH/c1-3-40-20-22-41(23-21-40)19-18-36(46)39-26-8-12-28(13-9-26)52(47,48)42(24-34(37)44)32-16-17-33(31-7-5-4-6-30(31)32)43(25-35(38)45)53(49,50)29-14-10-27(51-2)11-15-29;/h4-17H,3,18-25H2,1-2H3,(H2,37,44)(H2,38,45)(H,39,46);1H. The van der Waals surface area contributed by atoms with E-state index in [1.807, 2.05) is 0 Å². The van der Waals surface area contributed by atoms with Gasteiger partial charge >= 0.3 is 0 Å². The van der Waals surface area contributed by atoms with Crippen LogP contribution in [-0.2, 0) is 34.4 Å². The molecule has 0 bridgehead atoms. The monoisotopic (exact) mass is 801 g/mol. The van der Waals surface area contributed by atoms with Crippen molar-refractivity contribution in [1.82, 2.24) is 9.80 Å². The summed E-state index contributed by atoms with van der Waals surface area (Å²) in [7, 11) is -7.40. The minimum Gasteiger partial charge on any atom is -0.497 e. The van der Waals surface area contributed by atoms with Crippen molar-refractivity contribution in [2.24, 2.45) is 11.5 Å². The lowest BCUT2D eigenvalue weighted by Gasteiger charge is -2.33. The number of nitrogens with two attached hydrogens (primary N) is 2. The summed E-state index contributed by atoms with van der Waals surface area (Å²) in [6, 6.07) is 20.1. The molecule has 18 heteroatoms. The molecule has 1 heterocycles. The molecular formula is C36H44ClN7O8S2. The maximum atomic E-state index is 14.2. The lowest BCUT2D eigenvalue weighted by Crippen LogP contribution is -2.46. The van der Waals surface area contributed by atoms with Crippen LogP contribution in [0.25, 0.3) is 10.8 Å². The van der Waals surface area contributed by atoms with Crippen LogP contribution in [-0.4, -0.2) is 104 Å². The number of halogens is 1. The molecule has 0 aromatic heterocycles. The summed E-state index contributed by atoms with van der Waals surface area (Å²) < 4.78 is 63.0. The molecule has 0 spiro atoms. The van der Waals surface area contributed by atoms with Gasteiger partial charge in [-0.15, -0.1) is 12.4 Å². The highest BCUT2D eigenvalue weighted by molar-refractivity contribution is 7.93. The average Bonchev–Trinajstić information content (AvgIpc) is 3.15. The maximum Gasteiger partial charge on any atom is 0.264 e. The molecule has 1 saturated heterocycles. The fourth-order valence-electron chi connectivity index (χ4n) is 6.11. The number of benzene rings is 4. The number of carbonyl (C=O) groups is 3. The number of sulfonamides is 2. The second-order valence-corrected chi connectivity index (χ2v) is 16.1. The first-order valence-electron chi connectivity index (χ1n) is 16.9. The van der Waals surface area contributed by atoms with Gasteiger partial charge < -0.3 is 31.3 Å². The number of piperazine rings is 1. The van der Waals surface area contributed by atoms with Crippen LogP contribution in [0.2, 0.25) is 0 Å². The molecule has 54 heavy (non-hydrogen) atoms. The van der Waals surface area contributed by atoms with E-state index < -0.39 is 45.0 Å². The Bertz CT molecular complexity index is 2180. The first kappa shape index (κ1) is 41.8. The van der Waals surface area contributed by atoms with E-state index >= 15 is 0 Å². The van der Waals surface area contributed by atoms with Crippen LogP contribution in [0.15, 0.2) is 94.7 Å². The normalized spacial score (nSPS) is 13.8. The second kappa shape index (κ2) is 17.9. The minimum atomic E-state index is -4.46. The third-order valence-electron chi connectivity index (χ3n) is 8.96. The fraction of sp³-hybridized carbons (Fsp3) is 0.306. The summed E-state index contributed by atoms with van der Waals surface area (Å²) in [6.45, 7) is 5.97. The molecule has 0 atom stereocenters. The van der Waals surface area contributed by atoms with E-state index in [2.05, 4.69) is 22.0 Å². The molecule has 1 fully saturated rings. The maximum absolute atomic E-state index is 14.2. The van der Waals surface area contributed by atoms with Crippen LogP contribution in [0, 0.1) is 0 Å². The van der Waals surface area contributed by atoms with Gasteiger partial charge in [0.2, 0.25) is 17.7 Å². The Morgan fingerprint density at radius 1 is 0.704 bits per heavy atom. The molecule has 4 aromatic carbocycles. The zero-order valence-corrected chi connectivity index (χ0v) is 32.3. The van der Waals surface area contributed by atoms with Gasteiger partial charge in [-0.3, -0.25) is 23.0 Å². The van der Waals surface area contributed by atoms with Gasteiger partial charge in [-0.05, 0) is 67.2 Å². The number of hydrogen-bond donors (Lipinski definition) is 3. The molecular weight excluding hydrogens is 758 g/mol. The van der Waals surface area contributed by atoms with E-state index in [0.717, 1.165) is 41.3 Å². The molecule has 0 radical (unpaired) electrons. The van der Waals surface area contributed by atoms with Gasteiger partial charge in [-0.2, -0.15) is 0 Å². The largest absolute Gasteiger partial charge is 0.497 e. The van der Waals surface area contributed by atoms with Gasteiger partial charge in [-0.1, -0.05) is 31.2 Å². The number of ether oxygens (including phenoxy) is 1. The van der Waals surface area contributed by atoms with Gasteiger partial charge in [0, 0.05) is 55.6 Å². The smallest absolute Gasteiger partial charge is 0.264 e. The molecule has 0 unspecified atom stereocenters. The number of carbonyl (C=O) groups excluding carboxylic acids is 3. The van der Waals surface area contributed by atoms with E-state index in [1.54, 1.807) is 24.3 Å². The van der Waals surface area contributed by atoms with Crippen molar-refractivity contribution < 1.29 is 36.0 Å². The number of nitrogens with zero attached hydrogens (tertiary/aromatic N) is 4. The first-order valence-corrected chi connectivity index (χ1v) is 19.7. The predicted octanol–water partition coefficient (Wildman–Crippen LogP) is 2.60. The number of methoxy groups -OCH3 is 1. The van der Waals surface area contributed by atoms with E-state index in [1.165, 1.54) is 67.8 Å². The Labute approximate surface area is 321 Å². The Morgan fingerprint density at radius 2 is 1.15 bits per heavy atom. The molecule has 1 aliphatic rings. The summed E-state index contributed by atoms with van der Waals surface area (Å²) in [5.41, 5.74) is 11.5.